The van der Waals surface area contributed by atoms with Crippen LogP contribution >= 0.6 is 0 Å². The predicted octanol–water partition coefficient (Wildman–Crippen LogP) is 2.07. The van der Waals surface area contributed by atoms with Crippen LogP contribution in [-0.2, 0) is 30.8 Å². The molecule has 3 rings (SSSR count). The molecule has 0 saturated heterocycles. The Kier molecular flexibility index (Phi) is 6.21. The predicted molar refractivity (Wildman–Crippen MR) is 103 cm³/mol. The van der Waals surface area contributed by atoms with Crippen molar-refractivity contribution in [1.29, 1.82) is 0 Å². The molecule has 8 nitrogen and oxygen atoms in total. The van der Waals surface area contributed by atoms with Crippen LogP contribution in [-0.4, -0.2) is 48.0 Å². The summed E-state index contributed by atoms with van der Waals surface area (Å²) in [7, 11) is 0. The lowest BCUT2D eigenvalue weighted by Gasteiger charge is -2.23. The van der Waals surface area contributed by atoms with Gasteiger partial charge in [-0.3, -0.25) is 9.48 Å². The highest BCUT2D eigenvalue weighted by molar-refractivity contribution is 5.86. The second-order valence-electron chi connectivity index (χ2n) is 6.37. The second kappa shape index (κ2) is 8.98. The number of hydrogen-bond donors (Lipinski definition) is 1. The molecule has 0 unspecified atom stereocenters. The first kappa shape index (κ1) is 19.3. The molecule has 1 N–H and O–H groups in total. The number of rotatable bonds is 9. The Morgan fingerprint density at radius 3 is 2.46 bits per heavy atom. The first-order chi connectivity index (χ1) is 13.6. The topological polar surface area (TPSA) is 93.3 Å². The van der Waals surface area contributed by atoms with E-state index in [2.05, 4.69) is 10.2 Å². The number of aromatic carboxylic acids is 1. The maximum atomic E-state index is 13.0. The molecule has 2 aromatic heterocycles. The normalized spacial score (nSPS) is 10.8. The molecule has 0 fully saturated rings. The molecular weight excluding hydrogens is 358 g/mol. The van der Waals surface area contributed by atoms with Gasteiger partial charge in [-0.15, -0.1) is 0 Å². The fourth-order valence-electron chi connectivity index (χ4n) is 3.04. The Bertz CT molecular complexity index is 932. The van der Waals surface area contributed by atoms with Gasteiger partial charge in [0.05, 0.1) is 12.2 Å². The van der Waals surface area contributed by atoms with E-state index >= 15 is 0 Å². The van der Waals surface area contributed by atoms with E-state index in [-0.39, 0.29) is 18.1 Å². The largest absolute Gasteiger partial charge is 0.477 e. The third kappa shape index (κ3) is 4.64. The van der Waals surface area contributed by atoms with E-state index in [0.29, 0.717) is 26.1 Å². The van der Waals surface area contributed by atoms with Crippen molar-refractivity contribution >= 4 is 11.9 Å². The number of nitrogens with zero attached hydrogens (tertiary/aromatic N) is 5. The maximum Gasteiger partial charge on any atom is 0.354 e. The minimum absolute atomic E-state index is 0.00467. The van der Waals surface area contributed by atoms with Crippen molar-refractivity contribution in [2.75, 3.05) is 6.54 Å². The van der Waals surface area contributed by atoms with Gasteiger partial charge < -0.3 is 10.0 Å². The molecule has 28 heavy (non-hydrogen) atoms. The molecule has 0 bridgehead atoms. The van der Waals surface area contributed by atoms with Crippen LogP contribution in [0.3, 0.4) is 0 Å². The zero-order valence-corrected chi connectivity index (χ0v) is 15.7. The van der Waals surface area contributed by atoms with Crippen LogP contribution in [0.1, 0.15) is 28.7 Å². The van der Waals surface area contributed by atoms with Crippen LogP contribution in [0.2, 0.25) is 0 Å². The number of carboxylic acids is 1. The Morgan fingerprint density at radius 2 is 1.75 bits per heavy atom. The van der Waals surface area contributed by atoms with Crippen molar-refractivity contribution in [2.45, 2.75) is 33.0 Å². The molecule has 0 radical (unpaired) electrons. The summed E-state index contributed by atoms with van der Waals surface area (Å²) >= 11 is 0. The minimum Gasteiger partial charge on any atom is -0.477 e. The molecular formula is C20H23N5O3. The summed E-state index contributed by atoms with van der Waals surface area (Å²) in [5.74, 6) is -1.30. The maximum absolute atomic E-state index is 13.0. The summed E-state index contributed by atoms with van der Waals surface area (Å²) in [5, 5.41) is 17.5. The third-order valence-electron chi connectivity index (χ3n) is 4.54. The summed E-state index contributed by atoms with van der Waals surface area (Å²) in [6.07, 6.45) is 3.81. The van der Waals surface area contributed by atoms with Gasteiger partial charge in [-0.2, -0.15) is 10.2 Å². The Hall–Kier alpha value is -3.42. The fourth-order valence-corrected chi connectivity index (χ4v) is 3.04. The number of hydrogen-bond acceptors (Lipinski definition) is 4. The number of amides is 1. The number of carboxylic acid groups (broad SMARTS) is 1. The van der Waals surface area contributed by atoms with Crippen LogP contribution in [0.15, 0.2) is 54.9 Å². The van der Waals surface area contributed by atoms with Gasteiger partial charge >= 0.3 is 5.97 Å². The summed E-state index contributed by atoms with van der Waals surface area (Å²) in [6.45, 7) is 3.51. The SMILES string of the molecule is CCn1nccc1CN(CCc1ccccc1)C(=O)Cn1nccc1C(=O)O. The average Bonchev–Trinajstić information content (AvgIpc) is 3.34. The number of carbonyl (C=O) groups excluding carboxylic acids is 1. The van der Waals surface area contributed by atoms with Gasteiger partial charge in [-0.1, -0.05) is 30.3 Å². The van der Waals surface area contributed by atoms with Gasteiger partial charge in [-0.25, -0.2) is 9.48 Å². The molecule has 0 aliphatic heterocycles. The van der Waals surface area contributed by atoms with Gasteiger partial charge in [0.1, 0.15) is 12.2 Å². The number of aromatic nitrogens is 4. The van der Waals surface area contributed by atoms with Crippen LogP contribution in [0, 0.1) is 0 Å². The van der Waals surface area contributed by atoms with E-state index in [1.807, 2.05) is 48.0 Å². The van der Waals surface area contributed by atoms with E-state index < -0.39 is 5.97 Å². The van der Waals surface area contributed by atoms with E-state index in [1.54, 1.807) is 11.1 Å². The van der Waals surface area contributed by atoms with Gasteiger partial charge in [0.25, 0.3) is 0 Å². The smallest absolute Gasteiger partial charge is 0.354 e. The van der Waals surface area contributed by atoms with Crippen molar-refractivity contribution in [2.24, 2.45) is 0 Å². The zero-order chi connectivity index (χ0) is 19.9. The lowest BCUT2D eigenvalue weighted by Crippen LogP contribution is -2.36. The summed E-state index contributed by atoms with van der Waals surface area (Å²) in [6, 6.07) is 13.2. The van der Waals surface area contributed by atoms with E-state index in [4.69, 9.17) is 0 Å². The molecule has 2 heterocycles. The Morgan fingerprint density at radius 1 is 1.04 bits per heavy atom. The highest BCUT2D eigenvalue weighted by atomic mass is 16.4. The highest BCUT2D eigenvalue weighted by Gasteiger charge is 2.19. The molecule has 3 aromatic rings. The molecule has 0 saturated carbocycles. The van der Waals surface area contributed by atoms with E-state index in [9.17, 15) is 14.7 Å². The first-order valence-electron chi connectivity index (χ1n) is 9.16. The van der Waals surface area contributed by atoms with E-state index in [1.165, 1.54) is 16.9 Å². The molecule has 1 amide bonds. The molecule has 1 aromatic carbocycles. The third-order valence-corrected chi connectivity index (χ3v) is 4.54. The molecule has 0 aliphatic carbocycles. The summed E-state index contributed by atoms with van der Waals surface area (Å²) in [5.41, 5.74) is 2.06. The monoisotopic (exact) mass is 381 g/mol. The molecule has 146 valence electrons. The van der Waals surface area contributed by atoms with Gasteiger partial charge in [0.2, 0.25) is 5.91 Å². The zero-order valence-electron chi connectivity index (χ0n) is 15.7. The Labute approximate surface area is 163 Å². The van der Waals surface area contributed by atoms with Crippen molar-refractivity contribution in [3.05, 3.63) is 71.8 Å². The van der Waals surface area contributed by atoms with Crippen LogP contribution in [0.4, 0.5) is 0 Å². The molecule has 0 aliphatic rings. The van der Waals surface area contributed by atoms with Gasteiger partial charge in [0, 0.05) is 25.5 Å². The summed E-state index contributed by atoms with van der Waals surface area (Å²) in [4.78, 5) is 26.0. The average molecular weight is 381 g/mol. The van der Waals surface area contributed by atoms with Crippen LogP contribution < -0.4 is 0 Å². The lowest BCUT2D eigenvalue weighted by molar-refractivity contribution is -0.132. The van der Waals surface area contributed by atoms with Crippen LogP contribution in [0.5, 0.6) is 0 Å². The lowest BCUT2D eigenvalue weighted by atomic mass is 10.1. The van der Waals surface area contributed by atoms with Crippen molar-refractivity contribution < 1.29 is 14.7 Å². The summed E-state index contributed by atoms with van der Waals surface area (Å²) < 4.78 is 3.07. The highest BCUT2D eigenvalue weighted by Crippen LogP contribution is 2.10. The number of carbonyl (C=O) groups is 2. The first-order valence-corrected chi connectivity index (χ1v) is 9.16. The number of benzene rings is 1. The van der Waals surface area contributed by atoms with Crippen LogP contribution in [0.25, 0.3) is 0 Å². The van der Waals surface area contributed by atoms with Crippen molar-refractivity contribution in [3.8, 4) is 0 Å². The standard InChI is InChI=1S/C20H23N5O3/c1-2-24-17(8-11-21-24)14-23(13-10-16-6-4-3-5-7-16)19(26)15-25-18(20(27)28)9-12-22-25/h3-9,11-12H,2,10,13-15H2,1H3,(H,27,28). The quantitative estimate of drug-likeness (QED) is 0.612. The fraction of sp³-hybridized carbons (Fsp3) is 0.300. The van der Waals surface area contributed by atoms with Gasteiger partial charge in [0.15, 0.2) is 0 Å². The van der Waals surface area contributed by atoms with Gasteiger partial charge in [-0.05, 0) is 31.0 Å². The Balaban J connectivity index is 1.76. The van der Waals surface area contributed by atoms with E-state index in [0.717, 1.165) is 11.3 Å². The minimum atomic E-state index is -1.11. The molecule has 8 heteroatoms. The molecule has 0 spiro atoms. The van der Waals surface area contributed by atoms with Crippen molar-refractivity contribution in [1.82, 2.24) is 24.5 Å². The van der Waals surface area contributed by atoms with Crippen molar-refractivity contribution in [3.63, 3.8) is 0 Å². The number of aryl methyl sites for hydroxylation is 1. The molecule has 0 atom stereocenters. The second-order valence-corrected chi connectivity index (χ2v) is 6.37.